The number of carboxylic acid groups (broad SMARTS) is 2. The number of rotatable bonds is 10. The predicted molar refractivity (Wildman–Crippen MR) is 134 cm³/mol. The van der Waals surface area contributed by atoms with Crippen molar-refractivity contribution >= 4 is 23.6 Å². The molecule has 0 unspecified atom stereocenters. The van der Waals surface area contributed by atoms with Crippen LogP contribution in [0.25, 0.3) is 11.1 Å². The van der Waals surface area contributed by atoms with Crippen LogP contribution in [0.15, 0.2) is 54.6 Å². The van der Waals surface area contributed by atoms with Crippen LogP contribution in [0.1, 0.15) is 56.9 Å². The van der Waals surface area contributed by atoms with E-state index >= 15 is 0 Å². The molecule has 2 atom stereocenters. The van der Waals surface area contributed by atoms with Gasteiger partial charge in [-0.25, -0.2) is 4.79 Å². The second-order valence-corrected chi connectivity index (χ2v) is 10.2. The first kappa shape index (κ1) is 25.6. The van der Waals surface area contributed by atoms with Crippen molar-refractivity contribution in [3.05, 3.63) is 60.2 Å². The van der Waals surface area contributed by atoms with Gasteiger partial charge in [0.15, 0.2) is 0 Å². The molecule has 1 saturated carbocycles. The predicted octanol–water partition coefficient (Wildman–Crippen LogP) is 4.58. The highest BCUT2D eigenvalue weighted by molar-refractivity contribution is 5.94. The van der Waals surface area contributed by atoms with E-state index in [4.69, 9.17) is 0 Å². The maximum absolute atomic E-state index is 13.6. The summed E-state index contributed by atoms with van der Waals surface area (Å²) in [6, 6.07) is 16.9. The molecule has 2 aromatic rings. The second-order valence-electron chi connectivity index (χ2n) is 10.2. The Morgan fingerprint density at radius 2 is 1.53 bits per heavy atom. The minimum atomic E-state index is -1.03. The number of carboxylic acids is 2. The lowest BCUT2D eigenvalue weighted by Gasteiger charge is -2.30. The molecular formula is C29H33NO6. The van der Waals surface area contributed by atoms with E-state index in [0.717, 1.165) is 29.5 Å². The summed E-state index contributed by atoms with van der Waals surface area (Å²) in [4.78, 5) is 51.9. The quantitative estimate of drug-likeness (QED) is 0.503. The van der Waals surface area contributed by atoms with Crippen molar-refractivity contribution in [2.45, 2.75) is 63.8 Å². The minimum Gasteiger partial charge on any atom is -0.481 e. The Bertz CT molecular complexity index is 1100. The SMILES string of the molecule is O=C(O)CC1(C(=O)C[C@@H](Cc2ccc(-c3ccccc3)cc2)C(=O)N2CCC[C@H]2C(=O)O)CCCC1. The van der Waals surface area contributed by atoms with Crippen LogP contribution in [0.2, 0.25) is 0 Å². The third-order valence-corrected chi connectivity index (χ3v) is 7.79. The lowest BCUT2D eigenvalue weighted by molar-refractivity contribution is -0.151. The third kappa shape index (κ3) is 5.66. The van der Waals surface area contributed by atoms with Crippen LogP contribution in [0.4, 0.5) is 0 Å². The molecule has 190 valence electrons. The molecule has 7 nitrogen and oxygen atoms in total. The number of hydrogen-bond acceptors (Lipinski definition) is 4. The van der Waals surface area contributed by atoms with Gasteiger partial charge in [-0.1, -0.05) is 67.4 Å². The van der Waals surface area contributed by atoms with Gasteiger partial charge >= 0.3 is 11.9 Å². The number of carbonyl (C=O) groups is 4. The number of Topliss-reactive ketones (excluding diaryl/α,β-unsaturated/α-hetero) is 1. The molecule has 0 radical (unpaired) electrons. The van der Waals surface area contributed by atoms with Gasteiger partial charge in [-0.3, -0.25) is 14.4 Å². The van der Waals surface area contributed by atoms with E-state index in [2.05, 4.69) is 0 Å². The Balaban J connectivity index is 1.58. The fraction of sp³-hybridized carbons (Fsp3) is 0.448. The van der Waals surface area contributed by atoms with Crippen molar-refractivity contribution in [3.8, 4) is 11.1 Å². The van der Waals surface area contributed by atoms with Gasteiger partial charge in [0.1, 0.15) is 11.8 Å². The zero-order valence-corrected chi connectivity index (χ0v) is 20.4. The number of nitrogens with zero attached hydrogens (tertiary/aromatic N) is 1. The molecular weight excluding hydrogens is 458 g/mol. The van der Waals surface area contributed by atoms with Crippen molar-refractivity contribution in [1.29, 1.82) is 0 Å². The van der Waals surface area contributed by atoms with Gasteiger partial charge in [0.25, 0.3) is 0 Å². The number of carbonyl (C=O) groups excluding carboxylic acids is 2. The summed E-state index contributed by atoms with van der Waals surface area (Å²) in [6.45, 7) is 0.355. The topological polar surface area (TPSA) is 112 Å². The molecule has 0 aromatic heterocycles. The van der Waals surface area contributed by atoms with E-state index in [9.17, 15) is 29.4 Å². The molecule has 1 saturated heterocycles. The highest BCUT2D eigenvalue weighted by Crippen LogP contribution is 2.44. The van der Waals surface area contributed by atoms with E-state index in [-0.39, 0.29) is 24.5 Å². The first-order valence-electron chi connectivity index (χ1n) is 12.7. The number of amides is 1. The fourth-order valence-corrected chi connectivity index (χ4v) is 5.85. The lowest BCUT2D eigenvalue weighted by atomic mass is 9.74. The molecule has 2 aliphatic rings. The molecule has 1 aliphatic carbocycles. The summed E-state index contributed by atoms with van der Waals surface area (Å²) in [7, 11) is 0. The molecule has 2 N–H and O–H groups in total. The van der Waals surface area contributed by atoms with E-state index in [0.29, 0.717) is 38.6 Å². The average molecular weight is 492 g/mol. The van der Waals surface area contributed by atoms with Crippen molar-refractivity contribution in [2.24, 2.45) is 11.3 Å². The molecule has 36 heavy (non-hydrogen) atoms. The van der Waals surface area contributed by atoms with Crippen molar-refractivity contribution < 1.29 is 29.4 Å². The summed E-state index contributed by atoms with van der Waals surface area (Å²) in [5.41, 5.74) is 2.06. The van der Waals surface area contributed by atoms with Gasteiger partial charge in [0.05, 0.1) is 6.42 Å². The van der Waals surface area contributed by atoms with Crippen LogP contribution in [-0.4, -0.2) is 51.3 Å². The summed E-state index contributed by atoms with van der Waals surface area (Å²) in [5.74, 6) is -3.28. The third-order valence-electron chi connectivity index (χ3n) is 7.79. The maximum atomic E-state index is 13.6. The smallest absolute Gasteiger partial charge is 0.326 e. The molecule has 2 aromatic carbocycles. The monoisotopic (exact) mass is 491 g/mol. The Labute approximate surface area is 211 Å². The second kappa shape index (κ2) is 11.1. The zero-order valence-electron chi connectivity index (χ0n) is 20.4. The van der Waals surface area contributed by atoms with Crippen LogP contribution in [-0.2, 0) is 25.6 Å². The molecule has 1 amide bonds. The highest BCUT2D eigenvalue weighted by Gasteiger charge is 2.45. The van der Waals surface area contributed by atoms with Crippen LogP contribution in [0, 0.1) is 11.3 Å². The summed E-state index contributed by atoms with van der Waals surface area (Å²) < 4.78 is 0. The first-order chi connectivity index (χ1) is 17.3. The minimum absolute atomic E-state index is 0.0740. The van der Waals surface area contributed by atoms with E-state index in [1.165, 1.54) is 4.90 Å². The Hall–Kier alpha value is -3.48. The summed E-state index contributed by atoms with van der Waals surface area (Å²) in [6.07, 6.45) is 3.64. The van der Waals surface area contributed by atoms with Crippen molar-refractivity contribution in [2.75, 3.05) is 6.54 Å². The number of aliphatic carboxylic acids is 2. The Kier molecular flexibility index (Phi) is 7.87. The van der Waals surface area contributed by atoms with Crippen LogP contribution in [0.5, 0.6) is 0 Å². The lowest BCUT2D eigenvalue weighted by Crippen LogP contribution is -2.45. The molecule has 0 spiro atoms. The van der Waals surface area contributed by atoms with Gasteiger partial charge in [0, 0.05) is 24.3 Å². The van der Waals surface area contributed by atoms with Crippen molar-refractivity contribution in [3.63, 3.8) is 0 Å². The molecule has 7 heteroatoms. The van der Waals surface area contributed by atoms with Gasteiger partial charge in [-0.15, -0.1) is 0 Å². The van der Waals surface area contributed by atoms with E-state index in [1.807, 2.05) is 54.6 Å². The van der Waals surface area contributed by atoms with E-state index < -0.39 is 29.3 Å². The van der Waals surface area contributed by atoms with Gasteiger partial charge < -0.3 is 15.1 Å². The fourth-order valence-electron chi connectivity index (χ4n) is 5.85. The molecule has 1 aliphatic heterocycles. The molecule has 4 rings (SSSR count). The molecule has 2 fully saturated rings. The Morgan fingerprint density at radius 3 is 2.14 bits per heavy atom. The number of benzene rings is 2. The molecule has 0 bridgehead atoms. The number of likely N-dealkylation sites (tertiary alicyclic amines) is 1. The van der Waals surface area contributed by atoms with Gasteiger partial charge in [-0.05, 0) is 48.8 Å². The first-order valence-corrected chi connectivity index (χ1v) is 12.7. The largest absolute Gasteiger partial charge is 0.481 e. The van der Waals surface area contributed by atoms with Gasteiger partial charge in [0.2, 0.25) is 5.91 Å². The van der Waals surface area contributed by atoms with Crippen LogP contribution >= 0.6 is 0 Å². The van der Waals surface area contributed by atoms with Crippen molar-refractivity contribution in [1.82, 2.24) is 4.90 Å². The standard InChI is InChI=1S/C29H33NO6/c31-25(29(19-26(32)33)14-4-5-15-29)18-23(27(34)30-16-6-9-24(30)28(35)36)17-20-10-12-22(13-11-20)21-7-2-1-3-8-21/h1-3,7-8,10-13,23-24H,4-6,9,14-19H2,(H,32,33)(H,35,36)/t23-,24+/m1/s1. The summed E-state index contributed by atoms with van der Waals surface area (Å²) in [5, 5.41) is 19.1. The highest BCUT2D eigenvalue weighted by atomic mass is 16.4. The van der Waals surface area contributed by atoms with E-state index in [1.54, 1.807) is 0 Å². The maximum Gasteiger partial charge on any atom is 0.326 e. The molecule has 1 heterocycles. The average Bonchev–Trinajstić information content (AvgIpc) is 3.54. The number of hydrogen-bond donors (Lipinski definition) is 2. The van der Waals surface area contributed by atoms with Crippen LogP contribution < -0.4 is 0 Å². The van der Waals surface area contributed by atoms with Gasteiger partial charge in [-0.2, -0.15) is 0 Å². The summed E-state index contributed by atoms with van der Waals surface area (Å²) >= 11 is 0. The van der Waals surface area contributed by atoms with Crippen LogP contribution in [0.3, 0.4) is 0 Å². The zero-order chi connectivity index (χ0) is 25.7. The normalized spacial score (nSPS) is 19.7. The number of ketones is 1. The Morgan fingerprint density at radius 1 is 0.889 bits per heavy atom.